The van der Waals surface area contributed by atoms with Gasteiger partial charge in [0.1, 0.15) is 0 Å². The van der Waals surface area contributed by atoms with Gasteiger partial charge < -0.3 is 11.1 Å². The van der Waals surface area contributed by atoms with Crippen molar-refractivity contribution in [2.45, 2.75) is 31.3 Å². The summed E-state index contributed by atoms with van der Waals surface area (Å²) in [5.74, 6) is 0. The highest BCUT2D eigenvalue weighted by molar-refractivity contribution is 4.88. The van der Waals surface area contributed by atoms with Crippen LogP contribution in [0, 0.1) is 0 Å². The van der Waals surface area contributed by atoms with E-state index in [0.29, 0.717) is 6.04 Å². The lowest BCUT2D eigenvalue weighted by molar-refractivity contribution is 0.487. The van der Waals surface area contributed by atoms with Crippen molar-refractivity contribution in [3.63, 3.8) is 0 Å². The fourth-order valence-electron chi connectivity index (χ4n) is 1.43. The summed E-state index contributed by atoms with van der Waals surface area (Å²) in [5.41, 5.74) is 5.86. The average molecular weight is 140 g/mol. The molecule has 58 valence electrons. The van der Waals surface area contributed by atoms with Crippen LogP contribution in [0.4, 0.5) is 0 Å². The molecule has 0 saturated carbocycles. The quantitative estimate of drug-likeness (QED) is 0.565. The number of nitrogens with two attached hydrogens (primary N) is 1. The Bertz CT molecular complexity index is 106. The molecular formula is C8H16N2. The van der Waals surface area contributed by atoms with E-state index in [-0.39, 0.29) is 6.04 Å². The van der Waals surface area contributed by atoms with Crippen molar-refractivity contribution < 1.29 is 0 Å². The molecule has 0 aliphatic carbocycles. The molecule has 1 aliphatic heterocycles. The minimum atomic E-state index is 0.278. The van der Waals surface area contributed by atoms with E-state index < -0.39 is 0 Å². The van der Waals surface area contributed by atoms with Gasteiger partial charge in [0, 0.05) is 12.1 Å². The third-order valence-corrected chi connectivity index (χ3v) is 2.05. The Morgan fingerprint density at radius 3 is 3.10 bits per heavy atom. The zero-order chi connectivity index (χ0) is 7.40. The van der Waals surface area contributed by atoms with E-state index >= 15 is 0 Å². The van der Waals surface area contributed by atoms with Gasteiger partial charge in [-0.25, -0.2) is 0 Å². The van der Waals surface area contributed by atoms with Crippen molar-refractivity contribution in [2.24, 2.45) is 5.73 Å². The Hall–Kier alpha value is -0.340. The maximum absolute atomic E-state index is 5.86. The molecule has 0 aromatic heterocycles. The van der Waals surface area contributed by atoms with Crippen LogP contribution >= 0.6 is 0 Å². The van der Waals surface area contributed by atoms with Crippen LogP contribution < -0.4 is 11.1 Å². The van der Waals surface area contributed by atoms with Crippen molar-refractivity contribution in [2.75, 3.05) is 6.54 Å². The second-order valence-corrected chi connectivity index (χ2v) is 2.89. The Balaban J connectivity index is 2.24. The maximum Gasteiger partial charge on any atom is 0.0229 e. The van der Waals surface area contributed by atoms with Gasteiger partial charge in [-0.3, -0.25) is 0 Å². The lowest BCUT2D eigenvalue weighted by Crippen LogP contribution is -2.40. The molecule has 2 atom stereocenters. The van der Waals surface area contributed by atoms with Gasteiger partial charge in [0.15, 0.2) is 0 Å². The summed E-state index contributed by atoms with van der Waals surface area (Å²) in [6.45, 7) is 4.80. The summed E-state index contributed by atoms with van der Waals surface area (Å²) in [6.07, 6.45) is 5.33. The predicted molar refractivity (Wildman–Crippen MR) is 43.8 cm³/mol. The Morgan fingerprint density at radius 2 is 2.60 bits per heavy atom. The molecule has 0 amide bonds. The molecule has 1 heterocycles. The van der Waals surface area contributed by atoms with E-state index in [4.69, 9.17) is 5.73 Å². The number of hydrogen-bond acceptors (Lipinski definition) is 2. The molecule has 0 spiro atoms. The highest BCUT2D eigenvalue weighted by Gasteiger charge is 2.19. The minimum absolute atomic E-state index is 0.278. The monoisotopic (exact) mass is 140 g/mol. The molecule has 1 rings (SSSR count). The van der Waals surface area contributed by atoms with Crippen LogP contribution in [0.25, 0.3) is 0 Å². The average Bonchev–Trinajstić information content (AvgIpc) is 2.38. The smallest absolute Gasteiger partial charge is 0.0229 e. The summed E-state index contributed by atoms with van der Waals surface area (Å²) < 4.78 is 0. The SMILES string of the molecule is C=CC[C@H](N)[C@@H]1CCCN1. The lowest BCUT2D eigenvalue weighted by Gasteiger charge is -2.16. The van der Waals surface area contributed by atoms with Gasteiger partial charge in [0.05, 0.1) is 0 Å². The molecule has 1 fully saturated rings. The van der Waals surface area contributed by atoms with Crippen LogP contribution in [0.15, 0.2) is 12.7 Å². The van der Waals surface area contributed by atoms with Gasteiger partial charge in [-0.05, 0) is 25.8 Å². The molecule has 2 nitrogen and oxygen atoms in total. The largest absolute Gasteiger partial charge is 0.326 e. The maximum atomic E-state index is 5.86. The minimum Gasteiger partial charge on any atom is -0.326 e. The van der Waals surface area contributed by atoms with Crippen molar-refractivity contribution >= 4 is 0 Å². The Morgan fingerprint density at radius 1 is 1.80 bits per heavy atom. The van der Waals surface area contributed by atoms with Crippen molar-refractivity contribution in [1.29, 1.82) is 0 Å². The molecule has 2 heteroatoms. The molecule has 0 unspecified atom stereocenters. The van der Waals surface area contributed by atoms with Gasteiger partial charge in [-0.15, -0.1) is 6.58 Å². The van der Waals surface area contributed by atoms with E-state index in [2.05, 4.69) is 11.9 Å². The number of hydrogen-bond donors (Lipinski definition) is 2. The molecule has 0 aromatic carbocycles. The normalized spacial score (nSPS) is 28.3. The fraction of sp³-hybridized carbons (Fsp3) is 0.750. The van der Waals surface area contributed by atoms with Crippen LogP contribution in [-0.2, 0) is 0 Å². The van der Waals surface area contributed by atoms with Crippen LogP contribution in [0.2, 0.25) is 0 Å². The highest BCUT2D eigenvalue weighted by Crippen LogP contribution is 2.09. The first-order valence-corrected chi connectivity index (χ1v) is 3.94. The third-order valence-electron chi connectivity index (χ3n) is 2.05. The van der Waals surface area contributed by atoms with E-state index in [1.54, 1.807) is 0 Å². The predicted octanol–water partition coefficient (Wildman–Crippen LogP) is 0.642. The molecule has 1 aliphatic rings. The zero-order valence-corrected chi connectivity index (χ0v) is 6.34. The zero-order valence-electron chi connectivity index (χ0n) is 6.34. The second-order valence-electron chi connectivity index (χ2n) is 2.89. The van der Waals surface area contributed by atoms with Crippen molar-refractivity contribution in [3.05, 3.63) is 12.7 Å². The topological polar surface area (TPSA) is 38.0 Å². The lowest BCUT2D eigenvalue weighted by atomic mass is 10.0. The Labute approximate surface area is 62.5 Å². The van der Waals surface area contributed by atoms with Gasteiger partial charge in [0.25, 0.3) is 0 Å². The summed E-state index contributed by atoms with van der Waals surface area (Å²) in [5, 5.41) is 3.37. The number of nitrogens with one attached hydrogen (secondary N) is 1. The van der Waals surface area contributed by atoms with E-state index in [0.717, 1.165) is 13.0 Å². The van der Waals surface area contributed by atoms with E-state index in [1.807, 2.05) is 6.08 Å². The second kappa shape index (κ2) is 3.74. The van der Waals surface area contributed by atoms with Crippen LogP contribution in [-0.4, -0.2) is 18.6 Å². The molecule has 0 aromatic rings. The summed E-state index contributed by atoms with van der Waals surface area (Å²) in [6, 6.07) is 0.818. The van der Waals surface area contributed by atoms with E-state index in [1.165, 1.54) is 12.8 Å². The molecule has 0 radical (unpaired) electrons. The van der Waals surface area contributed by atoms with Crippen LogP contribution in [0.5, 0.6) is 0 Å². The first-order chi connectivity index (χ1) is 4.84. The summed E-state index contributed by atoms with van der Waals surface area (Å²) in [4.78, 5) is 0. The summed E-state index contributed by atoms with van der Waals surface area (Å²) in [7, 11) is 0. The van der Waals surface area contributed by atoms with Gasteiger partial charge in [-0.1, -0.05) is 6.08 Å². The van der Waals surface area contributed by atoms with Gasteiger partial charge in [0.2, 0.25) is 0 Å². The first-order valence-electron chi connectivity index (χ1n) is 3.94. The number of rotatable bonds is 3. The van der Waals surface area contributed by atoms with Crippen LogP contribution in [0.1, 0.15) is 19.3 Å². The van der Waals surface area contributed by atoms with Crippen molar-refractivity contribution in [3.8, 4) is 0 Å². The van der Waals surface area contributed by atoms with Crippen molar-refractivity contribution in [1.82, 2.24) is 5.32 Å². The molecule has 3 N–H and O–H groups in total. The van der Waals surface area contributed by atoms with Gasteiger partial charge >= 0.3 is 0 Å². The first kappa shape index (κ1) is 7.76. The summed E-state index contributed by atoms with van der Waals surface area (Å²) >= 11 is 0. The Kier molecular flexibility index (Phi) is 2.90. The standard InChI is InChI=1S/C8H16N2/c1-2-4-7(9)8-5-3-6-10-8/h2,7-8,10H,1,3-6,9H2/t7-,8-/m0/s1. The molecular weight excluding hydrogens is 124 g/mol. The van der Waals surface area contributed by atoms with Gasteiger partial charge in [-0.2, -0.15) is 0 Å². The third kappa shape index (κ3) is 1.82. The molecule has 1 saturated heterocycles. The van der Waals surface area contributed by atoms with E-state index in [9.17, 15) is 0 Å². The molecule has 10 heavy (non-hydrogen) atoms. The molecule has 0 bridgehead atoms. The fourth-order valence-corrected chi connectivity index (χ4v) is 1.43. The highest BCUT2D eigenvalue weighted by atomic mass is 15.0. The van der Waals surface area contributed by atoms with Crippen LogP contribution in [0.3, 0.4) is 0 Å².